The highest BCUT2D eigenvalue weighted by Crippen LogP contribution is 2.31. The lowest BCUT2D eigenvalue weighted by molar-refractivity contribution is -0.165. The Morgan fingerprint density at radius 3 is 2.31 bits per heavy atom. The molecule has 1 fully saturated rings. The topological polar surface area (TPSA) is 90.0 Å². The normalized spacial score (nSPS) is 21.2. The standard InChI is InChI=1S/C18H29NO6S/c1-11(10-26-12(2)20)16(22)19-13(9-15(21)24-6)7-8-14(19)17(23)25-18(3,4)5/h11,13-14H,7-10H2,1-6H3/t11-,13-,14+/m1/s1. The van der Waals surface area contributed by atoms with Gasteiger partial charge in [-0.05, 0) is 33.6 Å². The van der Waals surface area contributed by atoms with Crippen molar-refractivity contribution in [3.05, 3.63) is 0 Å². The quantitative estimate of drug-likeness (QED) is 0.645. The number of ether oxygens (including phenoxy) is 2. The number of rotatable bonds is 6. The fraction of sp³-hybridized carbons (Fsp3) is 0.778. The number of carbonyl (C=O) groups excluding carboxylic acids is 4. The molecular weight excluding hydrogens is 358 g/mol. The van der Waals surface area contributed by atoms with Crippen LogP contribution in [-0.4, -0.2) is 58.4 Å². The maximum atomic E-state index is 13.0. The second-order valence-electron chi connectivity index (χ2n) is 7.51. The highest BCUT2D eigenvalue weighted by Gasteiger charge is 2.44. The van der Waals surface area contributed by atoms with Gasteiger partial charge in [0.25, 0.3) is 0 Å². The Hall–Kier alpha value is -1.57. The number of carbonyl (C=O) groups is 4. The molecule has 0 aromatic heterocycles. The van der Waals surface area contributed by atoms with Gasteiger partial charge in [0, 0.05) is 24.6 Å². The molecule has 1 amide bonds. The molecule has 1 saturated heterocycles. The van der Waals surface area contributed by atoms with Crippen molar-refractivity contribution in [2.45, 2.75) is 71.6 Å². The molecule has 26 heavy (non-hydrogen) atoms. The average Bonchev–Trinajstić information content (AvgIpc) is 2.93. The Morgan fingerprint density at radius 2 is 1.81 bits per heavy atom. The van der Waals surface area contributed by atoms with E-state index in [1.54, 1.807) is 27.7 Å². The van der Waals surface area contributed by atoms with Crippen LogP contribution in [0.4, 0.5) is 0 Å². The third-order valence-corrected chi connectivity index (χ3v) is 5.10. The number of esters is 2. The van der Waals surface area contributed by atoms with E-state index in [0.29, 0.717) is 18.6 Å². The summed E-state index contributed by atoms with van der Waals surface area (Å²) in [5.41, 5.74) is -0.664. The lowest BCUT2D eigenvalue weighted by atomic mass is 10.1. The molecule has 3 atom stereocenters. The third-order valence-electron chi connectivity index (χ3n) is 4.02. The molecule has 0 unspecified atom stereocenters. The van der Waals surface area contributed by atoms with Crippen LogP contribution in [0.5, 0.6) is 0 Å². The zero-order valence-electron chi connectivity index (χ0n) is 16.4. The summed E-state index contributed by atoms with van der Waals surface area (Å²) in [5, 5.41) is -0.0686. The third kappa shape index (κ3) is 6.63. The number of thioether (sulfide) groups is 1. The fourth-order valence-electron chi connectivity index (χ4n) is 2.86. The lowest BCUT2D eigenvalue weighted by Crippen LogP contribution is -2.49. The van der Waals surface area contributed by atoms with Crippen LogP contribution >= 0.6 is 11.8 Å². The molecule has 0 N–H and O–H groups in total. The van der Waals surface area contributed by atoms with Crippen molar-refractivity contribution in [2.75, 3.05) is 12.9 Å². The maximum Gasteiger partial charge on any atom is 0.329 e. The highest BCUT2D eigenvalue weighted by atomic mass is 32.2. The maximum absolute atomic E-state index is 13.0. The molecule has 0 spiro atoms. The van der Waals surface area contributed by atoms with Gasteiger partial charge in [-0.3, -0.25) is 14.4 Å². The summed E-state index contributed by atoms with van der Waals surface area (Å²) in [4.78, 5) is 49.9. The average molecular weight is 387 g/mol. The molecule has 0 aromatic carbocycles. The van der Waals surface area contributed by atoms with E-state index in [4.69, 9.17) is 9.47 Å². The molecule has 1 aliphatic heterocycles. The molecule has 0 bridgehead atoms. The summed E-state index contributed by atoms with van der Waals surface area (Å²) >= 11 is 1.07. The largest absolute Gasteiger partial charge is 0.469 e. The summed E-state index contributed by atoms with van der Waals surface area (Å²) in [6, 6.07) is -1.13. The van der Waals surface area contributed by atoms with Gasteiger partial charge in [-0.2, -0.15) is 0 Å². The zero-order valence-corrected chi connectivity index (χ0v) is 17.2. The molecule has 0 saturated carbocycles. The second kappa shape index (κ2) is 9.39. The van der Waals surface area contributed by atoms with Gasteiger partial charge in [-0.1, -0.05) is 18.7 Å². The van der Waals surface area contributed by atoms with Crippen molar-refractivity contribution in [1.29, 1.82) is 0 Å². The minimum atomic E-state index is -0.721. The molecule has 7 nitrogen and oxygen atoms in total. The predicted octanol–water partition coefficient (Wildman–Crippen LogP) is 2.17. The Kier molecular flexibility index (Phi) is 8.12. The van der Waals surface area contributed by atoms with Gasteiger partial charge in [0.2, 0.25) is 5.91 Å². The number of hydrogen-bond acceptors (Lipinski definition) is 7. The van der Waals surface area contributed by atoms with Gasteiger partial charge in [-0.25, -0.2) is 4.79 Å². The van der Waals surface area contributed by atoms with Crippen LogP contribution < -0.4 is 0 Å². The molecule has 0 aliphatic carbocycles. The first kappa shape index (κ1) is 22.5. The van der Waals surface area contributed by atoms with Crippen molar-refractivity contribution in [1.82, 2.24) is 4.90 Å². The molecule has 1 heterocycles. The molecular formula is C18H29NO6S. The van der Waals surface area contributed by atoms with Crippen LogP contribution in [0.1, 0.15) is 53.9 Å². The minimum Gasteiger partial charge on any atom is -0.469 e. The lowest BCUT2D eigenvalue weighted by Gasteiger charge is -2.32. The first-order valence-corrected chi connectivity index (χ1v) is 9.70. The van der Waals surface area contributed by atoms with E-state index in [1.807, 2.05) is 0 Å². The van der Waals surface area contributed by atoms with E-state index in [-0.39, 0.29) is 17.4 Å². The summed E-state index contributed by atoms with van der Waals surface area (Å²) < 4.78 is 10.2. The molecule has 148 valence electrons. The van der Waals surface area contributed by atoms with Crippen LogP contribution in [-0.2, 0) is 28.7 Å². The smallest absolute Gasteiger partial charge is 0.329 e. The van der Waals surface area contributed by atoms with Crippen molar-refractivity contribution in [3.8, 4) is 0 Å². The number of methoxy groups -OCH3 is 1. The molecule has 0 aromatic rings. The van der Waals surface area contributed by atoms with Crippen molar-refractivity contribution < 1.29 is 28.7 Å². The minimum absolute atomic E-state index is 0.0358. The summed E-state index contributed by atoms with van der Waals surface area (Å²) in [6.45, 7) is 8.47. The number of hydrogen-bond donors (Lipinski definition) is 0. The van der Waals surface area contributed by atoms with Crippen LogP contribution in [0.15, 0.2) is 0 Å². The number of nitrogens with zero attached hydrogens (tertiary/aromatic N) is 1. The molecule has 1 aliphatic rings. The van der Waals surface area contributed by atoms with Gasteiger partial charge in [0.1, 0.15) is 11.6 Å². The number of likely N-dealkylation sites (tertiary alicyclic amines) is 1. The SMILES string of the molecule is COC(=O)C[C@H]1CC[C@@H](C(=O)OC(C)(C)C)N1C(=O)[C@H](C)CSC(C)=O. The summed E-state index contributed by atoms with van der Waals surface area (Å²) in [7, 11) is 1.29. The van der Waals surface area contributed by atoms with Crippen molar-refractivity contribution in [3.63, 3.8) is 0 Å². The second-order valence-corrected chi connectivity index (χ2v) is 8.71. The van der Waals surface area contributed by atoms with Crippen molar-refractivity contribution in [2.24, 2.45) is 5.92 Å². The molecule has 8 heteroatoms. The van der Waals surface area contributed by atoms with Gasteiger partial charge < -0.3 is 14.4 Å². The zero-order chi connectivity index (χ0) is 20.1. The Morgan fingerprint density at radius 1 is 1.19 bits per heavy atom. The van der Waals surface area contributed by atoms with Crippen LogP contribution in [0.2, 0.25) is 0 Å². The molecule has 1 rings (SSSR count). The van der Waals surface area contributed by atoms with E-state index in [9.17, 15) is 19.2 Å². The first-order valence-electron chi connectivity index (χ1n) is 8.71. The summed E-state index contributed by atoms with van der Waals surface area (Å²) in [6.07, 6.45) is 1.00. The Balaban J connectivity index is 2.98. The van der Waals surface area contributed by atoms with Crippen LogP contribution in [0.25, 0.3) is 0 Å². The Bertz CT molecular complexity index is 556. The van der Waals surface area contributed by atoms with Gasteiger partial charge >= 0.3 is 11.9 Å². The fourth-order valence-corrected chi connectivity index (χ4v) is 3.49. The van der Waals surface area contributed by atoms with E-state index in [0.717, 1.165) is 11.8 Å². The first-order chi connectivity index (χ1) is 12.0. The highest BCUT2D eigenvalue weighted by molar-refractivity contribution is 8.13. The van der Waals surface area contributed by atoms with E-state index < -0.39 is 35.5 Å². The van der Waals surface area contributed by atoms with E-state index in [1.165, 1.54) is 18.9 Å². The Labute approximate surface area is 159 Å². The van der Waals surface area contributed by atoms with E-state index >= 15 is 0 Å². The van der Waals surface area contributed by atoms with Crippen molar-refractivity contribution >= 4 is 34.7 Å². The predicted molar refractivity (Wildman–Crippen MR) is 98.4 cm³/mol. The van der Waals surface area contributed by atoms with Gasteiger partial charge in [-0.15, -0.1) is 0 Å². The monoisotopic (exact) mass is 387 g/mol. The number of amides is 1. The van der Waals surface area contributed by atoms with Gasteiger partial charge in [0.15, 0.2) is 5.12 Å². The van der Waals surface area contributed by atoms with Crippen LogP contribution in [0, 0.1) is 5.92 Å². The van der Waals surface area contributed by atoms with Crippen LogP contribution in [0.3, 0.4) is 0 Å². The van der Waals surface area contributed by atoms with Gasteiger partial charge in [0.05, 0.1) is 13.5 Å². The summed E-state index contributed by atoms with van der Waals surface area (Å²) in [5.74, 6) is -1.27. The molecule has 0 radical (unpaired) electrons. The van der Waals surface area contributed by atoms with E-state index in [2.05, 4.69) is 0 Å².